The number of nitrogens with zero attached hydrogens (tertiary/aromatic N) is 2. The summed E-state index contributed by atoms with van der Waals surface area (Å²) in [6.45, 7) is 0. The first-order valence-corrected chi connectivity index (χ1v) is 10.1. The van der Waals surface area contributed by atoms with Gasteiger partial charge in [-0.15, -0.1) is 10.2 Å². The number of amides is 1. The number of carbonyl (C=O) groups excluding carboxylic acids is 1. The Hall–Kier alpha value is -3.28. The summed E-state index contributed by atoms with van der Waals surface area (Å²) in [7, 11) is 1.51. The molecule has 3 rings (SSSR count). The molecule has 1 N–H and O–H groups in total. The van der Waals surface area contributed by atoms with Crippen LogP contribution in [-0.2, 0) is 17.1 Å². The lowest BCUT2D eigenvalue weighted by Crippen LogP contribution is -2.17. The van der Waals surface area contributed by atoms with Crippen molar-refractivity contribution in [2.75, 3.05) is 18.2 Å². The molecule has 0 aliphatic carbocycles. The fourth-order valence-corrected chi connectivity index (χ4v) is 3.37. The van der Waals surface area contributed by atoms with Crippen LogP contribution in [0.15, 0.2) is 59.6 Å². The van der Waals surface area contributed by atoms with Gasteiger partial charge >= 0.3 is 12.4 Å². The van der Waals surface area contributed by atoms with Crippen molar-refractivity contribution in [1.29, 1.82) is 0 Å². The third-order valence-electron chi connectivity index (χ3n) is 4.25. The Bertz CT molecular complexity index is 1100. The summed E-state index contributed by atoms with van der Waals surface area (Å²) >= 11 is 0.920. The average Bonchev–Trinajstić information content (AvgIpc) is 2.76. The number of hydrogen-bond acceptors (Lipinski definition) is 5. The van der Waals surface area contributed by atoms with Gasteiger partial charge in [-0.2, -0.15) is 26.3 Å². The third kappa shape index (κ3) is 6.37. The van der Waals surface area contributed by atoms with Crippen molar-refractivity contribution in [3.63, 3.8) is 0 Å². The predicted molar refractivity (Wildman–Crippen MR) is 110 cm³/mol. The van der Waals surface area contributed by atoms with Crippen LogP contribution < -0.4 is 10.1 Å². The fourth-order valence-electron chi connectivity index (χ4n) is 2.76. The molecule has 1 aromatic heterocycles. The summed E-state index contributed by atoms with van der Waals surface area (Å²) in [4.78, 5) is 12.1. The molecule has 0 aliphatic heterocycles. The average molecular weight is 487 g/mol. The maximum absolute atomic E-state index is 12.9. The minimum Gasteiger partial charge on any atom is -0.496 e. The highest BCUT2D eigenvalue weighted by Crippen LogP contribution is 2.37. The van der Waals surface area contributed by atoms with Crippen LogP contribution in [0, 0.1) is 0 Å². The molecule has 0 spiro atoms. The van der Waals surface area contributed by atoms with Crippen LogP contribution in [0.3, 0.4) is 0 Å². The van der Waals surface area contributed by atoms with Crippen LogP contribution in [0.4, 0.5) is 32.0 Å². The van der Waals surface area contributed by atoms with E-state index in [0.29, 0.717) is 34.2 Å². The molecule has 0 saturated carbocycles. The lowest BCUT2D eigenvalue weighted by Gasteiger charge is -2.14. The van der Waals surface area contributed by atoms with Gasteiger partial charge in [0.15, 0.2) is 0 Å². The number of aromatic nitrogens is 2. The number of halogens is 6. The van der Waals surface area contributed by atoms with Gasteiger partial charge in [0.1, 0.15) is 10.8 Å². The van der Waals surface area contributed by atoms with Crippen molar-refractivity contribution in [3.8, 4) is 17.0 Å². The summed E-state index contributed by atoms with van der Waals surface area (Å²) in [5.41, 5.74) is -2.42. The first-order valence-electron chi connectivity index (χ1n) is 9.16. The summed E-state index contributed by atoms with van der Waals surface area (Å²) < 4.78 is 82.9. The number of benzene rings is 2. The quantitative estimate of drug-likeness (QED) is 0.346. The van der Waals surface area contributed by atoms with E-state index in [9.17, 15) is 31.1 Å². The van der Waals surface area contributed by atoms with Crippen LogP contribution >= 0.6 is 11.8 Å². The van der Waals surface area contributed by atoms with Gasteiger partial charge < -0.3 is 10.1 Å². The Morgan fingerprint density at radius 3 is 2.12 bits per heavy atom. The van der Waals surface area contributed by atoms with Crippen LogP contribution in [0.1, 0.15) is 11.1 Å². The molecule has 0 saturated heterocycles. The van der Waals surface area contributed by atoms with Crippen molar-refractivity contribution in [3.05, 3.63) is 65.7 Å². The molecular weight excluding hydrogens is 472 g/mol. The van der Waals surface area contributed by atoms with Crippen molar-refractivity contribution < 1.29 is 35.9 Å². The van der Waals surface area contributed by atoms with Crippen LogP contribution in [0.25, 0.3) is 11.3 Å². The van der Waals surface area contributed by atoms with E-state index < -0.39 is 35.1 Å². The second kappa shape index (κ2) is 9.69. The Morgan fingerprint density at radius 1 is 0.939 bits per heavy atom. The molecule has 174 valence electrons. The molecule has 0 atom stereocenters. The molecule has 0 unspecified atom stereocenters. The molecule has 0 aliphatic rings. The minimum atomic E-state index is -5.01. The van der Waals surface area contributed by atoms with Gasteiger partial charge in [-0.1, -0.05) is 23.9 Å². The first-order chi connectivity index (χ1) is 15.5. The first kappa shape index (κ1) is 24.4. The molecule has 33 heavy (non-hydrogen) atoms. The number of methoxy groups -OCH3 is 1. The lowest BCUT2D eigenvalue weighted by atomic mass is 10.1. The standard InChI is InChI=1S/C21H15F6N3O2S/c1-32-17-5-3-2-4-15(17)16-6-7-19(30-29-16)33-11-18(31)28-14-9-12(20(22,23)24)8-13(10-14)21(25,26)27/h2-10H,11H2,1H3,(H,28,31). The van der Waals surface area contributed by atoms with Crippen LogP contribution in [0.5, 0.6) is 5.75 Å². The Balaban J connectivity index is 1.68. The molecule has 5 nitrogen and oxygen atoms in total. The molecule has 12 heteroatoms. The van der Waals surface area contributed by atoms with Crippen molar-refractivity contribution in [2.24, 2.45) is 0 Å². The van der Waals surface area contributed by atoms with Crippen molar-refractivity contribution in [1.82, 2.24) is 10.2 Å². The number of para-hydroxylation sites is 1. The maximum atomic E-state index is 12.9. The van der Waals surface area contributed by atoms with E-state index in [0.717, 1.165) is 11.8 Å². The normalized spacial score (nSPS) is 11.8. The van der Waals surface area contributed by atoms with Gasteiger partial charge in [-0.3, -0.25) is 4.79 Å². The molecule has 0 radical (unpaired) electrons. The third-order valence-corrected chi connectivity index (χ3v) is 5.17. The van der Waals surface area contributed by atoms with Crippen LogP contribution in [0.2, 0.25) is 0 Å². The predicted octanol–water partition coefficient (Wildman–Crippen LogP) is 5.92. The Labute approximate surface area is 188 Å². The van der Waals surface area contributed by atoms with Crippen LogP contribution in [-0.4, -0.2) is 29.0 Å². The Kier molecular flexibility index (Phi) is 7.15. The molecule has 2 aromatic carbocycles. The number of hydrogen-bond donors (Lipinski definition) is 1. The molecule has 3 aromatic rings. The number of carbonyl (C=O) groups is 1. The largest absolute Gasteiger partial charge is 0.496 e. The van der Waals surface area contributed by atoms with Gasteiger partial charge in [0.2, 0.25) is 5.91 Å². The monoisotopic (exact) mass is 487 g/mol. The Morgan fingerprint density at radius 2 is 1.58 bits per heavy atom. The lowest BCUT2D eigenvalue weighted by molar-refractivity contribution is -0.143. The maximum Gasteiger partial charge on any atom is 0.416 e. The van der Waals surface area contributed by atoms with E-state index in [1.165, 1.54) is 7.11 Å². The van der Waals surface area contributed by atoms with Gasteiger partial charge in [0.05, 0.1) is 29.7 Å². The smallest absolute Gasteiger partial charge is 0.416 e. The summed E-state index contributed by atoms with van der Waals surface area (Å²) in [6, 6.07) is 11.2. The highest BCUT2D eigenvalue weighted by molar-refractivity contribution is 7.99. The number of ether oxygens (including phenoxy) is 1. The van der Waals surface area contributed by atoms with Crippen molar-refractivity contribution >= 4 is 23.4 Å². The zero-order chi connectivity index (χ0) is 24.2. The minimum absolute atomic E-state index is 0.0106. The molecule has 0 bridgehead atoms. The number of thioether (sulfide) groups is 1. The van der Waals surface area contributed by atoms with E-state index in [1.807, 2.05) is 0 Å². The number of alkyl halides is 6. The second-order valence-corrected chi connectivity index (χ2v) is 7.58. The topological polar surface area (TPSA) is 64.1 Å². The highest BCUT2D eigenvalue weighted by atomic mass is 32.2. The number of anilines is 1. The van der Waals surface area contributed by atoms with Gasteiger partial charge in [0.25, 0.3) is 0 Å². The highest BCUT2D eigenvalue weighted by Gasteiger charge is 2.37. The van der Waals surface area contributed by atoms with E-state index in [4.69, 9.17) is 4.74 Å². The fraction of sp³-hybridized carbons (Fsp3) is 0.190. The van der Waals surface area contributed by atoms with E-state index in [-0.39, 0.29) is 11.8 Å². The zero-order valence-corrected chi connectivity index (χ0v) is 17.6. The zero-order valence-electron chi connectivity index (χ0n) is 16.8. The summed E-state index contributed by atoms with van der Waals surface area (Å²) in [6.07, 6.45) is -10.0. The van der Waals surface area contributed by atoms with Gasteiger partial charge in [-0.05, 0) is 42.5 Å². The number of nitrogens with one attached hydrogen (secondary N) is 1. The summed E-state index contributed by atoms with van der Waals surface area (Å²) in [5.74, 6) is -0.519. The molecule has 1 heterocycles. The molecule has 1 amide bonds. The van der Waals surface area contributed by atoms with Gasteiger partial charge in [0, 0.05) is 11.3 Å². The second-order valence-electron chi connectivity index (χ2n) is 6.59. The van der Waals surface area contributed by atoms with E-state index in [1.54, 1.807) is 36.4 Å². The van der Waals surface area contributed by atoms with E-state index in [2.05, 4.69) is 15.5 Å². The summed E-state index contributed by atoms with van der Waals surface area (Å²) in [5, 5.41) is 10.4. The van der Waals surface area contributed by atoms with Crippen molar-refractivity contribution in [2.45, 2.75) is 17.4 Å². The SMILES string of the molecule is COc1ccccc1-c1ccc(SCC(=O)Nc2cc(C(F)(F)F)cc(C(F)(F)F)c2)nn1. The van der Waals surface area contributed by atoms with E-state index >= 15 is 0 Å². The molecular formula is C21H15F6N3O2S. The van der Waals surface area contributed by atoms with Gasteiger partial charge in [-0.25, -0.2) is 0 Å². The molecule has 0 fully saturated rings. The number of rotatable bonds is 6.